The Bertz CT molecular complexity index is 1070. The number of carbonyl (C=O) groups excluding carboxylic acids is 3. The molecule has 3 amide bonds. The molecule has 0 radical (unpaired) electrons. The van der Waals surface area contributed by atoms with Crippen LogP contribution in [0.5, 0.6) is 5.75 Å². The highest BCUT2D eigenvalue weighted by atomic mass is 16.5. The predicted octanol–water partition coefficient (Wildman–Crippen LogP) is 3.50. The number of hydrogen-bond donors (Lipinski definition) is 3. The molecule has 1 aromatic carbocycles. The number of anilines is 1. The number of likely N-dealkylation sites (tertiary alicyclic amines) is 1. The summed E-state index contributed by atoms with van der Waals surface area (Å²) in [6.07, 6.45) is 2.59. The number of hydrogen-bond acceptors (Lipinski definition) is 6. The summed E-state index contributed by atoms with van der Waals surface area (Å²) in [6, 6.07) is 6.32. The van der Waals surface area contributed by atoms with Gasteiger partial charge in [0.2, 0.25) is 17.7 Å². The highest BCUT2D eigenvalue weighted by Crippen LogP contribution is 2.58. The number of fused-ring (bicyclic) bond motifs is 1. The van der Waals surface area contributed by atoms with E-state index < -0.39 is 35.1 Å². The van der Waals surface area contributed by atoms with Crippen LogP contribution in [0.25, 0.3) is 0 Å². The van der Waals surface area contributed by atoms with Gasteiger partial charge in [0.25, 0.3) is 0 Å². The lowest BCUT2D eigenvalue weighted by molar-refractivity contribution is -0.142. The van der Waals surface area contributed by atoms with E-state index in [1.54, 1.807) is 29.2 Å². The van der Waals surface area contributed by atoms with Gasteiger partial charge in [0, 0.05) is 24.4 Å². The number of rotatable bonds is 11. The number of benzene rings is 1. The topological polar surface area (TPSA) is 117 Å². The monoisotopic (exact) mass is 543 g/mol. The van der Waals surface area contributed by atoms with Crippen LogP contribution >= 0.6 is 0 Å². The summed E-state index contributed by atoms with van der Waals surface area (Å²) in [5, 5.41) is 15.5. The third-order valence-electron chi connectivity index (χ3n) is 8.03. The Balaban J connectivity index is 1.59. The highest BCUT2D eigenvalue weighted by molar-refractivity contribution is 6.02. The van der Waals surface area contributed by atoms with E-state index in [9.17, 15) is 19.5 Å². The van der Waals surface area contributed by atoms with E-state index in [-0.39, 0.29) is 29.7 Å². The van der Waals surface area contributed by atoms with Gasteiger partial charge in [0.1, 0.15) is 17.4 Å². The standard InChI is InChI=1S/C30H45N3O6/c1-7-38-20-12-10-19(11-13-20)31-25(35)22-21-14-15-30(39-21)23(22)27(37)33(16-8-9-17-34)24(30)26(36)32-29(5,6)18-28(2,3)4/h10-13,21-24,34H,7-9,14-18H2,1-6H3,(H,31,35)(H,32,36)/t21-,22+,23+,24?,30?/m1/s1. The largest absolute Gasteiger partial charge is 0.494 e. The van der Waals surface area contributed by atoms with Crippen molar-refractivity contribution in [1.82, 2.24) is 10.2 Å². The van der Waals surface area contributed by atoms with Crippen LogP contribution in [0.3, 0.4) is 0 Å². The van der Waals surface area contributed by atoms with Crippen LogP contribution in [0.1, 0.15) is 73.6 Å². The zero-order chi connectivity index (χ0) is 28.6. The number of aliphatic hydroxyl groups is 1. The second kappa shape index (κ2) is 11.1. The van der Waals surface area contributed by atoms with Gasteiger partial charge in [-0.2, -0.15) is 0 Å². The molecule has 1 aromatic rings. The molecular weight excluding hydrogens is 498 g/mol. The zero-order valence-corrected chi connectivity index (χ0v) is 24.2. The van der Waals surface area contributed by atoms with E-state index in [0.29, 0.717) is 50.3 Å². The molecule has 9 nitrogen and oxygen atoms in total. The quantitative estimate of drug-likeness (QED) is 0.368. The van der Waals surface area contributed by atoms with Crippen molar-refractivity contribution in [2.45, 2.75) is 96.9 Å². The molecule has 3 aliphatic rings. The van der Waals surface area contributed by atoms with Crippen molar-refractivity contribution in [2.24, 2.45) is 17.3 Å². The van der Waals surface area contributed by atoms with Gasteiger partial charge in [-0.25, -0.2) is 0 Å². The van der Waals surface area contributed by atoms with E-state index in [4.69, 9.17) is 9.47 Å². The molecule has 0 aliphatic carbocycles. The summed E-state index contributed by atoms with van der Waals surface area (Å²) >= 11 is 0. The van der Waals surface area contributed by atoms with Gasteiger partial charge < -0.3 is 30.1 Å². The molecule has 1 spiro atoms. The Morgan fingerprint density at radius 2 is 1.82 bits per heavy atom. The maximum Gasteiger partial charge on any atom is 0.246 e. The normalized spacial score (nSPS) is 28.0. The third kappa shape index (κ3) is 5.94. The maximum atomic E-state index is 14.0. The Morgan fingerprint density at radius 3 is 2.44 bits per heavy atom. The van der Waals surface area contributed by atoms with Crippen LogP contribution in [0.2, 0.25) is 0 Å². The van der Waals surface area contributed by atoms with Crippen LogP contribution < -0.4 is 15.4 Å². The Hall–Kier alpha value is -2.65. The number of carbonyl (C=O) groups is 3. The van der Waals surface area contributed by atoms with Gasteiger partial charge >= 0.3 is 0 Å². The van der Waals surface area contributed by atoms with Gasteiger partial charge in [-0.05, 0) is 82.6 Å². The molecule has 5 atom stereocenters. The molecule has 3 fully saturated rings. The minimum atomic E-state index is -1.04. The Labute approximate surface area is 232 Å². The van der Waals surface area contributed by atoms with E-state index >= 15 is 0 Å². The molecule has 216 valence electrons. The van der Waals surface area contributed by atoms with Crippen LogP contribution in [-0.4, -0.2) is 70.8 Å². The predicted molar refractivity (Wildman–Crippen MR) is 148 cm³/mol. The molecule has 3 N–H and O–H groups in total. The lowest BCUT2D eigenvalue weighted by atomic mass is 9.70. The van der Waals surface area contributed by atoms with Gasteiger partial charge in [0.05, 0.1) is 24.5 Å². The summed E-state index contributed by atoms with van der Waals surface area (Å²) in [5.41, 5.74) is -0.922. The fraction of sp³-hybridized carbons (Fsp3) is 0.700. The van der Waals surface area contributed by atoms with Gasteiger partial charge in [-0.3, -0.25) is 14.4 Å². The van der Waals surface area contributed by atoms with Crippen molar-refractivity contribution in [3.05, 3.63) is 24.3 Å². The Kier molecular flexibility index (Phi) is 8.34. The molecule has 2 unspecified atom stereocenters. The number of nitrogens with one attached hydrogen (secondary N) is 2. The van der Waals surface area contributed by atoms with Gasteiger partial charge in [-0.1, -0.05) is 20.8 Å². The number of aliphatic hydroxyl groups excluding tert-OH is 1. The second-order valence-corrected chi connectivity index (χ2v) is 13.1. The van der Waals surface area contributed by atoms with Crippen molar-refractivity contribution in [3.63, 3.8) is 0 Å². The molecule has 3 aliphatic heterocycles. The highest BCUT2D eigenvalue weighted by Gasteiger charge is 2.74. The van der Waals surface area contributed by atoms with Crippen LogP contribution in [0, 0.1) is 17.3 Å². The van der Waals surface area contributed by atoms with Crippen LogP contribution in [0.15, 0.2) is 24.3 Å². The van der Waals surface area contributed by atoms with Crippen LogP contribution in [-0.2, 0) is 19.1 Å². The summed E-state index contributed by atoms with van der Waals surface area (Å²) in [4.78, 5) is 43.1. The number of amides is 3. The molecule has 0 aromatic heterocycles. The molecule has 3 heterocycles. The molecule has 9 heteroatoms. The van der Waals surface area contributed by atoms with E-state index in [2.05, 4.69) is 31.4 Å². The lowest BCUT2D eigenvalue weighted by Gasteiger charge is -2.38. The van der Waals surface area contributed by atoms with Crippen LogP contribution in [0.4, 0.5) is 5.69 Å². The Morgan fingerprint density at radius 1 is 1.13 bits per heavy atom. The van der Waals surface area contributed by atoms with E-state index in [0.717, 1.165) is 6.42 Å². The molecular formula is C30H45N3O6. The summed E-state index contributed by atoms with van der Waals surface area (Å²) in [7, 11) is 0. The van der Waals surface area contributed by atoms with E-state index in [1.807, 2.05) is 20.8 Å². The molecule has 0 saturated carbocycles. The van der Waals surface area contributed by atoms with Crippen molar-refractivity contribution in [1.29, 1.82) is 0 Å². The number of nitrogens with zero attached hydrogens (tertiary/aromatic N) is 1. The summed E-state index contributed by atoms with van der Waals surface area (Å²) in [5.74, 6) is -1.42. The van der Waals surface area contributed by atoms with Crippen molar-refractivity contribution >= 4 is 23.4 Å². The minimum absolute atomic E-state index is 0.00370. The lowest BCUT2D eigenvalue weighted by Crippen LogP contribution is -2.59. The SMILES string of the molecule is CCOc1ccc(NC(=O)[C@@H]2[C@H]3C(=O)N(CCCCO)C(C(=O)NC(C)(C)CC(C)(C)C)C34CC[C@H]2O4)cc1. The first kappa shape index (κ1) is 29.3. The zero-order valence-electron chi connectivity index (χ0n) is 24.2. The summed E-state index contributed by atoms with van der Waals surface area (Å²) in [6.45, 7) is 13.2. The second-order valence-electron chi connectivity index (χ2n) is 13.1. The molecule has 3 saturated heterocycles. The van der Waals surface area contributed by atoms with Crippen molar-refractivity contribution in [3.8, 4) is 5.75 Å². The molecule has 4 rings (SSSR count). The first-order valence-electron chi connectivity index (χ1n) is 14.3. The van der Waals surface area contributed by atoms with Crippen molar-refractivity contribution in [2.75, 3.05) is 25.1 Å². The minimum Gasteiger partial charge on any atom is -0.494 e. The average Bonchev–Trinajstić information content (AvgIpc) is 3.46. The first-order valence-corrected chi connectivity index (χ1v) is 14.3. The first-order chi connectivity index (χ1) is 18.3. The summed E-state index contributed by atoms with van der Waals surface area (Å²) < 4.78 is 12.0. The molecule has 2 bridgehead atoms. The number of unbranched alkanes of at least 4 members (excludes halogenated alkanes) is 1. The number of ether oxygens (including phenoxy) is 2. The molecule has 39 heavy (non-hydrogen) atoms. The maximum absolute atomic E-state index is 14.0. The fourth-order valence-corrected chi connectivity index (χ4v) is 7.19. The van der Waals surface area contributed by atoms with Gasteiger partial charge in [-0.15, -0.1) is 0 Å². The average molecular weight is 544 g/mol. The third-order valence-corrected chi connectivity index (χ3v) is 8.03. The van der Waals surface area contributed by atoms with E-state index in [1.165, 1.54) is 0 Å². The fourth-order valence-electron chi connectivity index (χ4n) is 7.19. The van der Waals surface area contributed by atoms with Gasteiger partial charge in [0.15, 0.2) is 0 Å². The van der Waals surface area contributed by atoms with Crippen molar-refractivity contribution < 1.29 is 29.0 Å². The smallest absolute Gasteiger partial charge is 0.246 e.